The van der Waals surface area contributed by atoms with Gasteiger partial charge in [-0.1, -0.05) is 17.8 Å². The van der Waals surface area contributed by atoms with E-state index in [2.05, 4.69) is 22.6 Å². The van der Waals surface area contributed by atoms with Gasteiger partial charge in [0.2, 0.25) is 10.0 Å². The molecule has 0 bridgehead atoms. The second-order valence-electron chi connectivity index (χ2n) is 8.25. The van der Waals surface area contributed by atoms with Gasteiger partial charge in [0.05, 0.1) is 17.7 Å². The summed E-state index contributed by atoms with van der Waals surface area (Å²) in [6.45, 7) is 4.60. The van der Waals surface area contributed by atoms with Gasteiger partial charge in [0.15, 0.2) is 6.61 Å². The maximum atomic E-state index is 13.1. The molecule has 10 nitrogen and oxygen atoms in total. The summed E-state index contributed by atoms with van der Waals surface area (Å²) in [7, 11) is -2.13. The Morgan fingerprint density at radius 1 is 1.24 bits per heavy atom. The number of anilines is 1. The van der Waals surface area contributed by atoms with Gasteiger partial charge in [0.25, 0.3) is 5.91 Å². The van der Waals surface area contributed by atoms with Crippen molar-refractivity contribution in [3.05, 3.63) is 42.0 Å². The van der Waals surface area contributed by atoms with Crippen LogP contribution in [0.5, 0.6) is 5.75 Å². The van der Waals surface area contributed by atoms with Gasteiger partial charge >= 0.3 is 0 Å². The van der Waals surface area contributed by atoms with E-state index < -0.39 is 15.9 Å². The third-order valence-electron chi connectivity index (χ3n) is 5.59. The van der Waals surface area contributed by atoms with Crippen molar-refractivity contribution >= 4 is 32.7 Å². The number of nitrogens with one attached hydrogen (secondary N) is 1. The van der Waals surface area contributed by atoms with E-state index in [4.69, 9.17) is 9.57 Å². The zero-order valence-corrected chi connectivity index (χ0v) is 19.6. The summed E-state index contributed by atoms with van der Waals surface area (Å²) < 4.78 is 33.0. The van der Waals surface area contributed by atoms with Gasteiger partial charge in [0.1, 0.15) is 16.8 Å². The molecule has 0 spiro atoms. The molecule has 1 saturated heterocycles. The Kier molecular flexibility index (Phi) is 6.52. The van der Waals surface area contributed by atoms with Crippen LogP contribution in [0, 0.1) is 12.8 Å². The molecule has 11 heteroatoms. The molecule has 1 aliphatic heterocycles. The third-order valence-corrected chi connectivity index (χ3v) is 7.45. The highest BCUT2D eigenvalue weighted by molar-refractivity contribution is 7.89. The molecule has 176 valence electrons. The van der Waals surface area contributed by atoms with Gasteiger partial charge in [-0.05, 0) is 66.8 Å². The van der Waals surface area contributed by atoms with Crippen LogP contribution in [0.15, 0.2) is 41.3 Å². The lowest BCUT2D eigenvalue weighted by Gasteiger charge is -2.30. The Bertz CT molecular complexity index is 1270. The fourth-order valence-corrected chi connectivity index (χ4v) is 5.49. The number of benzene rings is 2. The average Bonchev–Trinajstić information content (AvgIpc) is 3.20. The number of carbonyl (C=O) groups excluding carboxylic acids is 1. The summed E-state index contributed by atoms with van der Waals surface area (Å²) in [5.74, 6) is 0.425. The van der Waals surface area contributed by atoms with Gasteiger partial charge < -0.3 is 14.9 Å². The second-order valence-corrected chi connectivity index (χ2v) is 10.2. The number of piperidine rings is 1. The van der Waals surface area contributed by atoms with Gasteiger partial charge in [-0.25, -0.2) is 8.42 Å². The molecule has 1 unspecified atom stereocenters. The Hall–Kier alpha value is -3.18. The van der Waals surface area contributed by atoms with E-state index in [9.17, 15) is 13.2 Å². The van der Waals surface area contributed by atoms with Crippen molar-refractivity contribution in [2.75, 3.05) is 32.1 Å². The third kappa shape index (κ3) is 4.93. The molecule has 1 aliphatic rings. The number of rotatable bonds is 7. The molecular formula is C22H27N5O5S. The van der Waals surface area contributed by atoms with E-state index in [0.717, 1.165) is 23.3 Å². The maximum Gasteiger partial charge on any atom is 0.265 e. The molecule has 0 aliphatic carbocycles. The molecular weight excluding hydrogens is 446 g/mol. The van der Waals surface area contributed by atoms with Gasteiger partial charge in [-0.15, -0.1) is 5.10 Å². The highest BCUT2D eigenvalue weighted by Gasteiger charge is 2.29. The number of amides is 1. The van der Waals surface area contributed by atoms with Crippen molar-refractivity contribution in [1.82, 2.24) is 19.5 Å². The van der Waals surface area contributed by atoms with Gasteiger partial charge in [-0.3, -0.25) is 4.79 Å². The largest absolute Gasteiger partial charge is 0.495 e. The van der Waals surface area contributed by atoms with Crippen LogP contribution in [-0.4, -0.2) is 60.6 Å². The fourth-order valence-electron chi connectivity index (χ4n) is 3.87. The van der Waals surface area contributed by atoms with Crippen molar-refractivity contribution < 1.29 is 22.8 Å². The predicted octanol–water partition coefficient (Wildman–Crippen LogP) is 2.24. The van der Waals surface area contributed by atoms with Gasteiger partial charge in [-0.2, -0.15) is 4.31 Å². The number of hydrogen-bond donors (Lipinski definition) is 1. The van der Waals surface area contributed by atoms with E-state index in [-0.39, 0.29) is 11.5 Å². The van der Waals surface area contributed by atoms with Crippen molar-refractivity contribution in [1.29, 1.82) is 0 Å². The molecule has 2 heterocycles. The monoisotopic (exact) mass is 473 g/mol. The molecule has 3 aromatic rings. The quantitative estimate of drug-likeness (QED) is 0.559. The summed E-state index contributed by atoms with van der Waals surface area (Å²) in [6.07, 6.45) is 1.86. The highest BCUT2D eigenvalue weighted by Crippen LogP contribution is 2.26. The lowest BCUT2D eigenvalue weighted by atomic mass is 10.0. The van der Waals surface area contributed by atoms with Crippen LogP contribution in [0.25, 0.3) is 11.0 Å². The van der Waals surface area contributed by atoms with Crippen LogP contribution < -0.4 is 14.9 Å². The lowest BCUT2D eigenvalue weighted by Crippen LogP contribution is -2.39. The molecule has 1 aromatic heterocycles. The molecule has 1 N–H and O–H groups in total. The first-order chi connectivity index (χ1) is 15.8. The zero-order valence-electron chi connectivity index (χ0n) is 18.8. The maximum absolute atomic E-state index is 13.1. The first-order valence-electron chi connectivity index (χ1n) is 10.7. The summed E-state index contributed by atoms with van der Waals surface area (Å²) in [4.78, 5) is 19.2. The SMILES string of the molecule is COc1ccc(C)cc1NC(=O)COn1nnc2ccc(S(=O)(=O)N3CCCC(C)C3)cc21. The second kappa shape index (κ2) is 9.36. The van der Waals surface area contributed by atoms with Crippen molar-refractivity contribution in [3.63, 3.8) is 0 Å². The molecule has 1 atom stereocenters. The average molecular weight is 474 g/mol. The number of aromatic nitrogens is 3. The van der Waals surface area contributed by atoms with Crippen LogP contribution in [0.2, 0.25) is 0 Å². The fraction of sp³-hybridized carbons (Fsp3) is 0.409. The van der Waals surface area contributed by atoms with E-state index in [1.165, 1.54) is 23.5 Å². The number of hydrogen-bond acceptors (Lipinski definition) is 7. The van der Waals surface area contributed by atoms with E-state index in [1.807, 2.05) is 13.0 Å². The minimum atomic E-state index is -3.65. The topological polar surface area (TPSA) is 116 Å². The number of fused-ring (bicyclic) bond motifs is 1. The van der Waals surface area contributed by atoms with Gasteiger partial charge in [0, 0.05) is 13.1 Å². The summed E-state index contributed by atoms with van der Waals surface area (Å²) in [5, 5.41) is 10.6. The van der Waals surface area contributed by atoms with Crippen molar-refractivity contribution in [3.8, 4) is 5.75 Å². The number of methoxy groups -OCH3 is 1. The Morgan fingerprint density at radius 2 is 2.06 bits per heavy atom. The van der Waals surface area contributed by atoms with Crippen molar-refractivity contribution in [2.24, 2.45) is 5.92 Å². The standard InChI is InChI=1S/C22H27N5O5S/c1-15-6-9-21(31-3)19(11-15)23-22(28)14-32-27-20-12-17(7-8-18(20)24-25-27)33(29,30)26-10-4-5-16(2)13-26/h6-9,11-12,16H,4-5,10,13-14H2,1-3H3,(H,23,28). The van der Waals surface area contributed by atoms with Crippen LogP contribution in [0.3, 0.4) is 0 Å². The number of ether oxygens (including phenoxy) is 1. The molecule has 4 rings (SSSR count). The molecule has 1 fully saturated rings. The summed E-state index contributed by atoms with van der Waals surface area (Å²) >= 11 is 0. The van der Waals surface area contributed by atoms with Crippen LogP contribution in [-0.2, 0) is 14.8 Å². The highest BCUT2D eigenvalue weighted by atomic mass is 32.2. The summed E-state index contributed by atoms with van der Waals surface area (Å²) in [5.41, 5.74) is 2.31. The first-order valence-corrected chi connectivity index (χ1v) is 12.2. The van der Waals surface area contributed by atoms with Crippen molar-refractivity contribution in [2.45, 2.75) is 31.6 Å². The molecule has 0 saturated carbocycles. The summed E-state index contributed by atoms with van der Waals surface area (Å²) in [6, 6.07) is 10.0. The van der Waals surface area contributed by atoms with Crippen LogP contribution in [0.1, 0.15) is 25.3 Å². The normalized spacial score (nSPS) is 17.1. The van der Waals surface area contributed by atoms with E-state index in [0.29, 0.717) is 41.5 Å². The number of sulfonamides is 1. The smallest absolute Gasteiger partial charge is 0.265 e. The molecule has 1 amide bonds. The van der Waals surface area contributed by atoms with E-state index >= 15 is 0 Å². The number of aryl methyl sites for hydroxylation is 1. The van der Waals surface area contributed by atoms with Crippen LogP contribution >= 0.6 is 0 Å². The zero-order chi connectivity index (χ0) is 23.6. The minimum absolute atomic E-state index is 0.144. The molecule has 33 heavy (non-hydrogen) atoms. The predicted molar refractivity (Wildman–Crippen MR) is 122 cm³/mol. The Balaban J connectivity index is 1.50. The number of nitrogens with zero attached hydrogens (tertiary/aromatic N) is 4. The Morgan fingerprint density at radius 3 is 2.82 bits per heavy atom. The first kappa shape index (κ1) is 23.0. The minimum Gasteiger partial charge on any atom is -0.495 e. The van der Waals surface area contributed by atoms with E-state index in [1.54, 1.807) is 18.2 Å². The molecule has 2 aromatic carbocycles. The lowest BCUT2D eigenvalue weighted by molar-refractivity contribution is -0.121. The molecule has 0 radical (unpaired) electrons. The Labute approximate surface area is 192 Å². The number of carbonyl (C=O) groups is 1. The van der Waals surface area contributed by atoms with Crippen LogP contribution in [0.4, 0.5) is 5.69 Å².